The van der Waals surface area contributed by atoms with Gasteiger partial charge in [-0.25, -0.2) is 0 Å². The van der Waals surface area contributed by atoms with Crippen LogP contribution < -0.4 is 11.1 Å². The fourth-order valence-corrected chi connectivity index (χ4v) is 4.68. The molecule has 0 saturated heterocycles. The molecule has 1 atom stereocenters. The average molecular weight is 385 g/mol. The topological polar surface area (TPSA) is 77.1 Å². The van der Waals surface area contributed by atoms with Gasteiger partial charge in [0.25, 0.3) is 5.91 Å². The van der Waals surface area contributed by atoms with Gasteiger partial charge in [0.1, 0.15) is 0 Å². The van der Waals surface area contributed by atoms with Gasteiger partial charge in [-0.15, -0.1) is 0 Å². The van der Waals surface area contributed by atoms with Gasteiger partial charge >= 0.3 is 0 Å². The predicted molar refractivity (Wildman–Crippen MR) is 113 cm³/mol. The summed E-state index contributed by atoms with van der Waals surface area (Å²) in [6.07, 6.45) is 6.32. The predicted octanol–water partition coefficient (Wildman–Crippen LogP) is 4.19. The number of nitrogens with one attached hydrogen (secondary N) is 1. The Balaban J connectivity index is 1.54. The number of carbonyl (C=O) groups is 2. The molecule has 3 aromatic rings. The number of aryl methyl sites for hydroxylation is 1. The maximum Gasteiger partial charge on any atom is 0.250 e. The summed E-state index contributed by atoms with van der Waals surface area (Å²) in [6.45, 7) is 0. The van der Waals surface area contributed by atoms with Gasteiger partial charge in [-0.1, -0.05) is 24.3 Å². The van der Waals surface area contributed by atoms with Gasteiger partial charge in [0.15, 0.2) is 5.78 Å². The Morgan fingerprint density at radius 1 is 1.07 bits per heavy atom. The van der Waals surface area contributed by atoms with Gasteiger partial charge in [0.05, 0.1) is 11.6 Å². The number of primary amides is 1. The maximum atomic E-state index is 12.2. The number of carbonyl (C=O) groups excluding carboxylic acids is 2. The molecule has 5 nitrogen and oxygen atoms in total. The zero-order valence-corrected chi connectivity index (χ0v) is 16.2. The Bertz CT molecular complexity index is 1130. The highest BCUT2D eigenvalue weighted by Crippen LogP contribution is 2.35. The summed E-state index contributed by atoms with van der Waals surface area (Å²) in [5, 5.41) is 3.56. The molecule has 1 unspecified atom stereocenters. The number of nitrogens with zero attached hydrogens (tertiary/aromatic N) is 1. The molecular formula is C24H23N3O2. The van der Waals surface area contributed by atoms with Gasteiger partial charge in [0, 0.05) is 35.2 Å². The highest BCUT2D eigenvalue weighted by molar-refractivity contribution is 5.99. The zero-order valence-electron chi connectivity index (χ0n) is 16.2. The summed E-state index contributed by atoms with van der Waals surface area (Å²) in [5.41, 5.74) is 12.3. The van der Waals surface area contributed by atoms with E-state index in [1.807, 2.05) is 30.5 Å². The van der Waals surface area contributed by atoms with Gasteiger partial charge < -0.3 is 15.6 Å². The quantitative estimate of drug-likeness (QED) is 0.707. The molecule has 0 radical (unpaired) electrons. The molecule has 2 aliphatic rings. The van der Waals surface area contributed by atoms with Crippen molar-refractivity contribution in [1.29, 1.82) is 0 Å². The minimum Gasteiger partial charge on any atom is -0.378 e. The lowest BCUT2D eigenvalue weighted by Crippen LogP contribution is -2.17. The van der Waals surface area contributed by atoms with Crippen molar-refractivity contribution in [3.63, 3.8) is 0 Å². The van der Waals surface area contributed by atoms with Crippen LogP contribution in [0.25, 0.3) is 5.69 Å². The summed E-state index contributed by atoms with van der Waals surface area (Å²) >= 11 is 0. The summed E-state index contributed by atoms with van der Waals surface area (Å²) in [6, 6.07) is 16.1. The Kier molecular flexibility index (Phi) is 4.23. The van der Waals surface area contributed by atoms with E-state index in [0.717, 1.165) is 48.3 Å². The van der Waals surface area contributed by atoms with E-state index in [9.17, 15) is 9.59 Å². The van der Waals surface area contributed by atoms with Crippen LogP contribution in [0, 0.1) is 0 Å². The molecule has 0 aliphatic heterocycles. The fraction of sp³-hybridized carbons (Fsp3) is 0.250. The number of rotatable bonds is 4. The Morgan fingerprint density at radius 2 is 1.93 bits per heavy atom. The van der Waals surface area contributed by atoms with Crippen LogP contribution >= 0.6 is 0 Å². The Morgan fingerprint density at radius 3 is 2.79 bits per heavy atom. The third-order valence-electron chi connectivity index (χ3n) is 6.12. The first-order chi connectivity index (χ1) is 14.1. The zero-order chi connectivity index (χ0) is 20.0. The molecule has 3 N–H and O–H groups in total. The Labute approximate surface area is 169 Å². The minimum absolute atomic E-state index is 0.153. The normalized spacial score (nSPS) is 17.7. The first-order valence-corrected chi connectivity index (χ1v) is 10.1. The van der Waals surface area contributed by atoms with Gasteiger partial charge in [-0.2, -0.15) is 0 Å². The van der Waals surface area contributed by atoms with Crippen LogP contribution in [0.4, 0.5) is 5.69 Å². The third kappa shape index (κ3) is 3.03. The second kappa shape index (κ2) is 6.92. The molecule has 1 heterocycles. The highest BCUT2D eigenvalue weighted by atomic mass is 16.1. The van der Waals surface area contributed by atoms with Crippen LogP contribution in [0.3, 0.4) is 0 Å². The number of nitrogens with two attached hydrogens (primary N) is 1. The SMILES string of the molecule is NC(=O)c1ccc(-n2ccc3c2CCCC3=O)cc1NC1CCc2ccccc21. The van der Waals surface area contributed by atoms with Crippen LogP contribution in [0.15, 0.2) is 54.7 Å². The minimum atomic E-state index is -0.449. The van der Waals surface area contributed by atoms with Crippen molar-refractivity contribution < 1.29 is 9.59 Å². The molecule has 5 rings (SSSR count). The number of anilines is 1. The van der Waals surface area contributed by atoms with E-state index >= 15 is 0 Å². The van der Waals surface area contributed by atoms with E-state index in [4.69, 9.17) is 5.73 Å². The van der Waals surface area contributed by atoms with E-state index in [2.05, 4.69) is 28.1 Å². The van der Waals surface area contributed by atoms with E-state index in [1.54, 1.807) is 6.07 Å². The van der Waals surface area contributed by atoms with Crippen LogP contribution in [-0.4, -0.2) is 16.3 Å². The molecule has 2 aromatic carbocycles. The van der Waals surface area contributed by atoms with E-state index < -0.39 is 5.91 Å². The lowest BCUT2D eigenvalue weighted by molar-refractivity contribution is 0.0970. The van der Waals surface area contributed by atoms with Crippen LogP contribution in [0.1, 0.15) is 62.8 Å². The highest BCUT2D eigenvalue weighted by Gasteiger charge is 2.24. The number of hydrogen-bond acceptors (Lipinski definition) is 3. The smallest absolute Gasteiger partial charge is 0.250 e. The molecule has 5 heteroatoms. The van der Waals surface area contributed by atoms with Crippen molar-refractivity contribution in [3.8, 4) is 5.69 Å². The van der Waals surface area contributed by atoms with E-state index in [0.29, 0.717) is 12.0 Å². The maximum absolute atomic E-state index is 12.2. The lowest BCUT2D eigenvalue weighted by atomic mass is 9.96. The van der Waals surface area contributed by atoms with Crippen molar-refractivity contribution in [2.24, 2.45) is 5.73 Å². The number of hydrogen-bond donors (Lipinski definition) is 2. The van der Waals surface area contributed by atoms with Crippen molar-refractivity contribution in [1.82, 2.24) is 4.57 Å². The van der Waals surface area contributed by atoms with Crippen molar-refractivity contribution in [2.45, 2.75) is 38.1 Å². The number of aromatic nitrogens is 1. The first kappa shape index (κ1) is 17.7. The monoisotopic (exact) mass is 385 g/mol. The number of amides is 1. The molecule has 2 aliphatic carbocycles. The van der Waals surface area contributed by atoms with Crippen LogP contribution in [0.2, 0.25) is 0 Å². The van der Waals surface area contributed by atoms with Crippen LogP contribution in [-0.2, 0) is 12.8 Å². The standard InChI is InChI=1S/C24H23N3O2/c25-24(29)18-10-9-16(27-13-12-19-22(27)6-3-7-23(19)28)14-21(18)26-20-11-8-15-4-1-2-5-17(15)20/h1-2,4-5,9-10,12-14,20,26H,3,6-8,11H2,(H2,25,29). The van der Waals surface area contributed by atoms with E-state index in [-0.39, 0.29) is 11.8 Å². The van der Waals surface area contributed by atoms with Crippen LogP contribution in [0.5, 0.6) is 0 Å². The summed E-state index contributed by atoms with van der Waals surface area (Å²) < 4.78 is 2.06. The number of Topliss-reactive ketones (excluding diaryl/α,β-unsaturated/α-hetero) is 1. The average Bonchev–Trinajstić information content (AvgIpc) is 3.33. The van der Waals surface area contributed by atoms with Crippen molar-refractivity contribution in [3.05, 3.63) is 82.7 Å². The molecule has 0 saturated carbocycles. The molecule has 0 spiro atoms. The molecule has 146 valence electrons. The van der Waals surface area contributed by atoms with E-state index in [1.165, 1.54) is 11.1 Å². The fourth-order valence-electron chi connectivity index (χ4n) is 4.68. The first-order valence-electron chi connectivity index (χ1n) is 10.1. The third-order valence-corrected chi connectivity index (χ3v) is 6.12. The Hall–Kier alpha value is -3.34. The molecular weight excluding hydrogens is 362 g/mol. The molecule has 0 fully saturated rings. The second-order valence-electron chi connectivity index (χ2n) is 7.85. The van der Waals surface area contributed by atoms with Crippen molar-refractivity contribution in [2.75, 3.05) is 5.32 Å². The van der Waals surface area contributed by atoms with Gasteiger partial charge in [0.2, 0.25) is 0 Å². The number of fused-ring (bicyclic) bond motifs is 2. The molecule has 1 aromatic heterocycles. The second-order valence-corrected chi connectivity index (χ2v) is 7.85. The summed E-state index contributed by atoms with van der Waals surface area (Å²) in [4.78, 5) is 24.2. The number of ketones is 1. The lowest BCUT2D eigenvalue weighted by Gasteiger charge is -2.20. The molecule has 29 heavy (non-hydrogen) atoms. The molecule has 1 amide bonds. The van der Waals surface area contributed by atoms with Crippen molar-refractivity contribution >= 4 is 17.4 Å². The largest absolute Gasteiger partial charge is 0.378 e. The number of benzene rings is 2. The van der Waals surface area contributed by atoms with Gasteiger partial charge in [-0.05, 0) is 61.1 Å². The molecule has 0 bridgehead atoms. The summed E-state index contributed by atoms with van der Waals surface area (Å²) in [7, 11) is 0. The van der Waals surface area contributed by atoms with Gasteiger partial charge in [-0.3, -0.25) is 9.59 Å². The summed E-state index contributed by atoms with van der Waals surface area (Å²) in [5.74, 6) is -0.241.